The molecular formula is C19H26N4O2. The van der Waals surface area contributed by atoms with E-state index in [0.29, 0.717) is 19.0 Å². The number of aromatic nitrogens is 2. The number of nitrogens with zero attached hydrogens (tertiary/aromatic N) is 3. The number of imidazole rings is 1. The summed E-state index contributed by atoms with van der Waals surface area (Å²) in [6.45, 7) is 7.02. The number of nitrogens with one attached hydrogen (secondary N) is 1. The summed E-state index contributed by atoms with van der Waals surface area (Å²) < 4.78 is 5.73. The largest absolute Gasteiger partial charge is 0.372 e. The number of hydrogen-bond donors (Lipinski definition) is 1. The van der Waals surface area contributed by atoms with E-state index in [0.717, 1.165) is 42.8 Å². The molecule has 4 rings (SSSR count). The molecule has 3 heterocycles. The number of piperidine rings is 1. The first kappa shape index (κ1) is 16.4. The number of para-hydroxylation sites is 2. The number of carbonyl (C=O) groups is 1. The lowest BCUT2D eigenvalue weighted by molar-refractivity contribution is -0.0587. The van der Waals surface area contributed by atoms with Gasteiger partial charge in [-0.1, -0.05) is 12.1 Å². The van der Waals surface area contributed by atoms with Crippen molar-refractivity contribution < 1.29 is 9.53 Å². The van der Waals surface area contributed by atoms with Crippen LogP contribution in [-0.4, -0.2) is 64.2 Å². The van der Waals surface area contributed by atoms with Gasteiger partial charge in [-0.05, 0) is 38.8 Å². The zero-order valence-electron chi connectivity index (χ0n) is 14.9. The van der Waals surface area contributed by atoms with Crippen molar-refractivity contribution in [1.82, 2.24) is 19.8 Å². The van der Waals surface area contributed by atoms with Crippen molar-refractivity contribution in [2.75, 3.05) is 26.2 Å². The highest BCUT2D eigenvalue weighted by Crippen LogP contribution is 2.28. The molecule has 2 amide bonds. The Hall–Kier alpha value is -2.08. The summed E-state index contributed by atoms with van der Waals surface area (Å²) in [4.78, 5) is 24.9. The molecule has 2 aromatic rings. The number of morpholine rings is 1. The number of rotatable bonds is 1. The van der Waals surface area contributed by atoms with Gasteiger partial charge in [0.1, 0.15) is 5.82 Å². The second kappa shape index (κ2) is 6.67. The highest BCUT2D eigenvalue weighted by molar-refractivity contribution is 5.75. The van der Waals surface area contributed by atoms with Crippen LogP contribution < -0.4 is 0 Å². The summed E-state index contributed by atoms with van der Waals surface area (Å²) in [6, 6.07) is 8.29. The number of carbonyl (C=O) groups excluding carboxylic acids is 1. The lowest BCUT2D eigenvalue weighted by Gasteiger charge is -2.40. The third-order valence-corrected chi connectivity index (χ3v) is 5.25. The maximum atomic E-state index is 12.8. The first-order valence-electron chi connectivity index (χ1n) is 9.24. The van der Waals surface area contributed by atoms with E-state index in [1.165, 1.54) is 0 Å². The molecule has 0 unspecified atom stereocenters. The zero-order chi connectivity index (χ0) is 17.4. The van der Waals surface area contributed by atoms with E-state index in [1.807, 2.05) is 41.8 Å². The van der Waals surface area contributed by atoms with Gasteiger partial charge in [0.15, 0.2) is 0 Å². The number of hydrogen-bond acceptors (Lipinski definition) is 3. The molecule has 1 aromatic carbocycles. The van der Waals surface area contributed by atoms with Crippen molar-refractivity contribution in [3.8, 4) is 0 Å². The van der Waals surface area contributed by atoms with E-state index >= 15 is 0 Å². The van der Waals surface area contributed by atoms with Crippen LogP contribution in [0.4, 0.5) is 4.79 Å². The van der Waals surface area contributed by atoms with E-state index in [1.54, 1.807) is 0 Å². The Morgan fingerprint density at radius 1 is 1.12 bits per heavy atom. The van der Waals surface area contributed by atoms with Crippen LogP contribution in [0.5, 0.6) is 0 Å². The van der Waals surface area contributed by atoms with Crippen LogP contribution in [0, 0.1) is 0 Å². The summed E-state index contributed by atoms with van der Waals surface area (Å²) in [5.74, 6) is 1.46. The van der Waals surface area contributed by atoms with E-state index in [9.17, 15) is 4.79 Å². The number of amides is 2. The molecule has 1 N–H and O–H groups in total. The molecule has 0 aliphatic carbocycles. The van der Waals surface area contributed by atoms with Crippen LogP contribution in [0.25, 0.3) is 11.0 Å². The van der Waals surface area contributed by atoms with Gasteiger partial charge in [-0.15, -0.1) is 0 Å². The SMILES string of the molecule is C[C@@H]1CN(C(=O)N2CCC(c3nc4ccccc4[nH]3)CC2)C[C@@H](C)O1. The van der Waals surface area contributed by atoms with Gasteiger partial charge in [-0.2, -0.15) is 0 Å². The van der Waals surface area contributed by atoms with Crippen LogP contribution in [-0.2, 0) is 4.74 Å². The maximum Gasteiger partial charge on any atom is 0.320 e. The Morgan fingerprint density at radius 2 is 1.80 bits per heavy atom. The van der Waals surface area contributed by atoms with Gasteiger partial charge in [0.25, 0.3) is 0 Å². The molecule has 2 fully saturated rings. The summed E-state index contributed by atoms with van der Waals surface area (Å²) in [7, 11) is 0. The van der Waals surface area contributed by atoms with Crippen LogP contribution in [0.15, 0.2) is 24.3 Å². The summed E-state index contributed by atoms with van der Waals surface area (Å²) in [6.07, 6.45) is 2.14. The van der Waals surface area contributed by atoms with E-state index in [2.05, 4.69) is 11.1 Å². The summed E-state index contributed by atoms with van der Waals surface area (Å²) >= 11 is 0. The molecular weight excluding hydrogens is 316 g/mol. The average Bonchev–Trinajstić information content (AvgIpc) is 3.04. The van der Waals surface area contributed by atoms with Crippen molar-refractivity contribution in [2.24, 2.45) is 0 Å². The number of H-pyrrole nitrogens is 1. The molecule has 134 valence electrons. The van der Waals surface area contributed by atoms with Gasteiger partial charge in [0, 0.05) is 32.1 Å². The first-order chi connectivity index (χ1) is 12.1. The summed E-state index contributed by atoms with van der Waals surface area (Å²) in [5, 5.41) is 0. The quantitative estimate of drug-likeness (QED) is 0.867. The normalized spacial score (nSPS) is 25.5. The second-order valence-corrected chi connectivity index (χ2v) is 7.35. The van der Waals surface area contributed by atoms with Crippen LogP contribution in [0.1, 0.15) is 38.4 Å². The minimum Gasteiger partial charge on any atom is -0.372 e. The van der Waals surface area contributed by atoms with Crippen molar-refractivity contribution in [3.63, 3.8) is 0 Å². The van der Waals surface area contributed by atoms with Crippen molar-refractivity contribution in [3.05, 3.63) is 30.1 Å². The minimum absolute atomic E-state index is 0.112. The Balaban J connectivity index is 1.38. The standard InChI is InChI=1S/C19H26N4O2/c1-13-11-23(12-14(2)25-13)19(24)22-9-7-15(8-10-22)18-20-16-5-3-4-6-17(16)21-18/h3-6,13-15H,7-12H2,1-2H3,(H,20,21)/t13-,14-/m1/s1. The second-order valence-electron chi connectivity index (χ2n) is 7.35. The fourth-order valence-electron chi connectivity index (χ4n) is 4.04. The van der Waals surface area contributed by atoms with Crippen molar-refractivity contribution in [1.29, 1.82) is 0 Å². The lowest BCUT2D eigenvalue weighted by atomic mass is 9.96. The number of fused-ring (bicyclic) bond motifs is 1. The predicted molar refractivity (Wildman–Crippen MR) is 96.6 cm³/mol. The predicted octanol–water partition coefficient (Wildman–Crippen LogP) is 2.97. The Kier molecular flexibility index (Phi) is 4.37. The van der Waals surface area contributed by atoms with Gasteiger partial charge in [-0.25, -0.2) is 9.78 Å². The average molecular weight is 342 g/mol. The number of aromatic amines is 1. The molecule has 2 saturated heterocycles. The maximum absolute atomic E-state index is 12.8. The zero-order valence-corrected chi connectivity index (χ0v) is 14.9. The first-order valence-corrected chi connectivity index (χ1v) is 9.24. The molecule has 2 atom stereocenters. The molecule has 0 spiro atoms. The van der Waals surface area contributed by atoms with E-state index < -0.39 is 0 Å². The van der Waals surface area contributed by atoms with Crippen LogP contribution in [0.2, 0.25) is 0 Å². The summed E-state index contributed by atoms with van der Waals surface area (Å²) in [5.41, 5.74) is 2.11. The van der Waals surface area contributed by atoms with E-state index in [4.69, 9.17) is 9.72 Å². The topological polar surface area (TPSA) is 61.5 Å². The Morgan fingerprint density at radius 3 is 2.48 bits per heavy atom. The van der Waals surface area contributed by atoms with Gasteiger partial charge in [-0.3, -0.25) is 0 Å². The lowest BCUT2D eigenvalue weighted by Crippen LogP contribution is -2.54. The molecule has 1 aromatic heterocycles. The molecule has 2 aliphatic rings. The molecule has 6 nitrogen and oxygen atoms in total. The van der Waals surface area contributed by atoms with Gasteiger partial charge in [0.2, 0.25) is 0 Å². The Bertz CT molecular complexity index is 708. The molecule has 2 aliphatic heterocycles. The molecule has 25 heavy (non-hydrogen) atoms. The highest BCUT2D eigenvalue weighted by Gasteiger charge is 2.32. The van der Waals surface area contributed by atoms with Crippen LogP contribution >= 0.6 is 0 Å². The van der Waals surface area contributed by atoms with Crippen molar-refractivity contribution >= 4 is 17.1 Å². The third kappa shape index (κ3) is 3.35. The van der Waals surface area contributed by atoms with Gasteiger partial charge >= 0.3 is 6.03 Å². The smallest absolute Gasteiger partial charge is 0.320 e. The number of urea groups is 1. The number of ether oxygens (including phenoxy) is 1. The molecule has 6 heteroatoms. The molecule has 0 bridgehead atoms. The molecule has 0 saturated carbocycles. The molecule has 0 radical (unpaired) electrons. The number of benzene rings is 1. The highest BCUT2D eigenvalue weighted by atomic mass is 16.5. The minimum atomic E-state index is 0.112. The monoisotopic (exact) mass is 342 g/mol. The number of likely N-dealkylation sites (tertiary alicyclic amines) is 1. The van der Waals surface area contributed by atoms with Crippen LogP contribution in [0.3, 0.4) is 0 Å². The fraction of sp³-hybridized carbons (Fsp3) is 0.579. The van der Waals surface area contributed by atoms with Crippen molar-refractivity contribution in [2.45, 2.75) is 44.8 Å². The third-order valence-electron chi connectivity index (χ3n) is 5.25. The Labute approximate surface area is 148 Å². The van der Waals surface area contributed by atoms with E-state index in [-0.39, 0.29) is 18.2 Å². The fourth-order valence-corrected chi connectivity index (χ4v) is 4.04. The van der Waals surface area contributed by atoms with Gasteiger partial charge in [0.05, 0.1) is 23.2 Å². The van der Waals surface area contributed by atoms with Gasteiger partial charge < -0.3 is 19.5 Å².